The van der Waals surface area contributed by atoms with Crippen LogP contribution in [0.15, 0.2) is 36.4 Å². The molecule has 0 radical (unpaired) electrons. The third kappa shape index (κ3) is 6.35. The number of hydrogen-bond acceptors (Lipinski definition) is 8. The summed E-state index contributed by atoms with van der Waals surface area (Å²) >= 11 is 0. The topological polar surface area (TPSA) is 126 Å². The van der Waals surface area contributed by atoms with E-state index in [2.05, 4.69) is 10.3 Å². The van der Waals surface area contributed by atoms with E-state index >= 15 is 0 Å². The molecule has 8 nitrogen and oxygen atoms in total. The first-order chi connectivity index (χ1) is 17.5. The Morgan fingerprint density at radius 3 is 2.41 bits per heavy atom. The molecule has 3 unspecified atom stereocenters. The Balaban J connectivity index is 1.62. The largest absolute Gasteiger partial charge is 0.534 e. The van der Waals surface area contributed by atoms with Crippen molar-refractivity contribution in [3.8, 4) is 17.6 Å². The van der Waals surface area contributed by atoms with Gasteiger partial charge in [-0.2, -0.15) is 26.9 Å². The minimum absolute atomic E-state index is 0.0128. The first kappa shape index (κ1) is 27.2. The molecule has 0 amide bonds. The summed E-state index contributed by atoms with van der Waals surface area (Å²) in [6.45, 7) is -0.256. The van der Waals surface area contributed by atoms with Crippen molar-refractivity contribution in [1.29, 1.82) is 5.26 Å². The molecular formula is C25H26F3NO7S. The Labute approximate surface area is 212 Å². The van der Waals surface area contributed by atoms with Gasteiger partial charge in [-0.15, -0.1) is 0 Å². The molecule has 37 heavy (non-hydrogen) atoms. The highest BCUT2D eigenvalue weighted by Crippen LogP contribution is 2.40. The van der Waals surface area contributed by atoms with E-state index in [-0.39, 0.29) is 25.6 Å². The minimum atomic E-state index is -5.78. The van der Waals surface area contributed by atoms with E-state index in [1.54, 1.807) is 12.1 Å². The Kier molecular flexibility index (Phi) is 7.99. The van der Waals surface area contributed by atoms with Crippen molar-refractivity contribution in [2.24, 2.45) is 0 Å². The molecule has 2 aromatic carbocycles. The summed E-state index contributed by atoms with van der Waals surface area (Å²) in [5.41, 5.74) is -3.41. The number of aliphatic hydroxyl groups excluding tert-OH is 2. The van der Waals surface area contributed by atoms with Gasteiger partial charge in [-0.3, -0.25) is 0 Å². The van der Waals surface area contributed by atoms with E-state index < -0.39 is 39.7 Å². The molecule has 2 aliphatic rings. The quantitative estimate of drug-likeness (QED) is 0.381. The van der Waals surface area contributed by atoms with Gasteiger partial charge in [-0.05, 0) is 61.1 Å². The molecule has 0 spiro atoms. The van der Waals surface area contributed by atoms with Crippen molar-refractivity contribution in [3.05, 3.63) is 58.7 Å². The van der Waals surface area contributed by atoms with E-state index in [0.717, 1.165) is 31.4 Å². The molecule has 3 atom stereocenters. The second-order valence-corrected chi connectivity index (χ2v) is 10.7. The number of alkyl halides is 3. The van der Waals surface area contributed by atoms with E-state index in [9.17, 15) is 37.1 Å². The van der Waals surface area contributed by atoms with Gasteiger partial charge in [0.25, 0.3) is 0 Å². The average Bonchev–Trinajstić information content (AvgIpc) is 2.81. The molecule has 12 heteroatoms. The summed E-state index contributed by atoms with van der Waals surface area (Å²) in [5.74, 6) is -0.0203. The summed E-state index contributed by atoms with van der Waals surface area (Å²) in [5, 5.41) is 29.7. The van der Waals surface area contributed by atoms with E-state index in [4.69, 9.17) is 9.47 Å². The summed E-state index contributed by atoms with van der Waals surface area (Å²) in [7, 11) is -5.78. The second-order valence-electron chi connectivity index (χ2n) is 9.19. The van der Waals surface area contributed by atoms with Gasteiger partial charge in [-0.1, -0.05) is 12.1 Å². The molecule has 2 aromatic rings. The Hall–Kier alpha value is -2.85. The zero-order valence-corrected chi connectivity index (χ0v) is 20.5. The van der Waals surface area contributed by atoms with Crippen LogP contribution >= 0.6 is 0 Å². The predicted octanol–water partition coefficient (Wildman–Crippen LogP) is 3.88. The highest BCUT2D eigenvalue weighted by molar-refractivity contribution is 7.88. The SMILES string of the molecule is N#Cc1cc(OC2CCC2)c(C2CC(O)CC(CO)O2)cc1Cc1ccc(OS(=O)(=O)C(F)(F)F)cc1. The fourth-order valence-electron chi connectivity index (χ4n) is 4.28. The van der Waals surface area contributed by atoms with Crippen LogP contribution in [0.4, 0.5) is 13.2 Å². The molecule has 2 N–H and O–H groups in total. The van der Waals surface area contributed by atoms with Crippen molar-refractivity contribution in [3.63, 3.8) is 0 Å². The van der Waals surface area contributed by atoms with Crippen LogP contribution < -0.4 is 8.92 Å². The van der Waals surface area contributed by atoms with Crippen molar-refractivity contribution in [1.82, 2.24) is 0 Å². The first-order valence-electron chi connectivity index (χ1n) is 11.8. The van der Waals surface area contributed by atoms with Crippen LogP contribution in [0.25, 0.3) is 0 Å². The van der Waals surface area contributed by atoms with Crippen LogP contribution in [0.3, 0.4) is 0 Å². The van der Waals surface area contributed by atoms with Crippen LogP contribution in [-0.4, -0.2) is 49.1 Å². The maximum absolute atomic E-state index is 12.6. The predicted molar refractivity (Wildman–Crippen MR) is 124 cm³/mol. The van der Waals surface area contributed by atoms with Crippen LogP contribution in [-0.2, 0) is 21.3 Å². The number of halogens is 3. The molecule has 1 aliphatic carbocycles. The molecule has 4 rings (SSSR count). The lowest BCUT2D eigenvalue weighted by Gasteiger charge is -2.35. The third-order valence-electron chi connectivity index (χ3n) is 6.44. The fraction of sp³-hybridized carbons (Fsp3) is 0.480. The van der Waals surface area contributed by atoms with E-state index in [1.807, 2.05) is 0 Å². The average molecular weight is 542 g/mol. The molecule has 0 aromatic heterocycles. The number of nitrogens with zero attached hydrogens (tertiary/aromatic N) is 1. The van der Waals surface area contributed by atoms with Crippen LogP contribution in [0, 0.1) is 11.3 Å². The van der Waals surface area contributed by atoms with Gasteiger partial charge in [-0.25, -0.2) is 0 Å². The lowest BCUT2D eigenvalue weighted by molar-refractivity contribution is -0.114. The highest BCUT2D eigenvalue weighted by Gasteiger charge is 2.48. The molecule has 2 fully saturated rings. The minimum Gasteiger partial charge on any atom is -0.490 e. The van der Waals surface area contributed by atoms with Crippen LogP contribution in [0.2, 0.25) is 0 Å². The van der Waals surface area contributed by atoms with E-state index in [0.29, 0.717) is 34.4 Å². The van der Waals surface area contributed by atoms with Crippen LogP contribution in [0.5, 0.6) is 11.5 Å². The van der Waals surface area contributed by atoms with E-state index in [1.165, 1.54) is 12.1 Å². The fourth-order valence-corrected chi connectivity index (χ4v) is 4.74. The molecular weight excluding hydrogens is 515 g/mol. The number of nitriles is 1. The van der Waals surface area contributed by atoms with Gasteiger partial charge in [0.05, 0.1) is 42.7 Å². The second kappa shape index (κ2) is 10.9. The number of aliphatic hydroxyl groups is 2. The van der Waals surface area contributed by atoms with Gasteiger partial charge >= 0.3 is 15.6 Å². The standard InChI is InChI=1S/C25H26F3NO7S/c26-25(27,28)37(32,33)36-20-6-4-15(5-7-20)8-16-9-22(24-12-18(31)11-21(14-30)35-24)23(10-17(16)13-29)34-19-2-1-3-19/h4-7,9-10,18-19,21,24,30-31H,1-3,8,11-12,14H2. The van der Waals surface area contributed by atoms with Gasteiger partial charge < -0.3 is 23.9 Å². The summed E-state index contributed by atoms with van der Waals surface area (Å²) in [6.07, 6.45) is 1.78. The lowest BCUT2D eigenvalue weighted by atomic mass is 9.90. The molecule has 1 saturated carbocycles. The summed E-state index contributed by atoms with van der Waals surface area (Å²) < 4.78 is 76.5. The van der Waals surface area contributed by atoms with Crippen molar-refractivity contribution in [2.75, 3.05) is 6.61 Å². The lowest BCUT2D eigenvalue weighted by Crippen LogP contribution is -2.34. The van der Waals surface area contributed by atoms with Crippen LogP contribution in [0.1, 0.15) is 60.5 Å². The number of rotatable bonds is 8. The monoisotopic (exact) mass is 541 g/mol. The highest BCUT2D eigenvalue weighted by atomic mass is 32.2. The smallest absolute Gasteiger partial charge is 0.490 e. The maximum atomic E-state index is 12.6. The maximum Gasteiger partial charge on any atom is 0.534 e. The summed E-state index contributed by atoms with van der Waals surface area (Å²) in [6, 6.07) is 10.5. The molecule has 1 aliphatic heterocycles. The Morgan fingerprint density at radius 2 is 1.84 bits per heavy atom. The zero-order chi connectivity index (χ0) is 26.8. The zero-order valence-electron chi connectivity index (χ0n) is 19.6. The van der Waals surface area contributed by atoms with Crippen molar-refractivity contribution in [2.45, 2.75) is 68.4 Å². The molecule has 1 saturated heterocycles. The van der Waals surface area contributed by atoms with Gasteiger partial charge in [0.15, 0.2) is 0 Å². The van der Waals surface area contributed by atoms with Crippen molar-refractivity contribution < 1.29 is 45.5 Å². The summed E-state index contributed by atoms with van der Waals surface area (Å²) in [4.78, 5) is 0. The first-order valence-corrected chi connectivity index (χ1v) is 13.2. The van der Waals surface area contributed by atoms with Gasteiger partial charge in [0.2, 0.25) is 0 Å². The molecule has 0 bridgehead atoms. The Morgan fingerprint density at radius 1 is 1.14 bits per heavy atom. The number of hydrogen-bond donors (Lipinski definition) is 2. The third-order valence-corrected chi connectivity index (χ3v) is 7.42. The normalized spacial score (nSPS) is 22.6. The number of ether oxygens (including phenoxy) is 2. The van der Waals surface area contributed by atoms with Gasteiger partial charge in [0.1, 0.15) is 11.5 Å². The van der Waals surface area contributed by atoms with Gasteiger partial charge in [0, 0.05) is 18.4 Å². The molecule has 1 heterocycles. The Bertz CT molecular complexity index is 1250. The van der Waals surface area contributed by atoms with Crippen molar-refractivity contribution >= 4 is 10.1 Å². The number of benzene rings is 2. The molecule has 200 valence electrons.